The fourth-order valence-corrected chi connectivity index (χ4v) is 1.06. The molecule has 0 bridgehead atoms. The molecular formula is C7H5N3O3. The second-order valence-electron chi connectivity index (χ2n) is 2.51. The summed E-state index contributed by atoms with van der Waals surface area (Å²) in [6.07, 6.45) is 1.42. The van der Waals surface area contributed by atoms with Crippen LogP contribution in [0.25, 0.3) is 11.0 Å². The van der Waals surface area contributed by atoms with Gasteiger partial charge in [0.25, 0.3) is 5.56 Å². The van der Waals surface area contributed by atoms with Gasteiger partial charge in [0.05, 0.1) is 17.2 Å². The van der Waals surface area contributed by atoms with Gasteiger partial charge in [0.2, 0.25) is 0 Å². The lowest BCUT2D eigenvalue weighted by Gasteiger charge is -1.92. The fourth-order valence-electron chi connectivity index (χ4n) is 1.06. The molecule has 0 spiro atoms. The van der Waals surface area contributed by atoms with Gasteiger partial charge in [0, 0.05) is 0 Å². The summed E-state index contributed by atoms with van der Waals surface area (Å²) in [7, 11) is 0. The summed E-state index contributed by atoms with van der Waals surface area (Å²) >= 11 is 0. The van der Waals surface area contributed by atoms with Gasteiger partial charge >= 0.3 is 5.97 Å². The van der Waals surface area contributed by atoms with Crippen molar-refractivity contribution < 1.29 is 9.90 Å². The first-order chi connectivity index (χ1) is 6.18. The van der Waals surface area contributed by atoms with Crippen molar-refractivity contribution in [2.24, 2.45) is 0 Å². The van der Waals surface area contributed by atoms with Gasteiger partial charge in [-0.3, -0.25) is 9.89 Å². The summed E-state index contributed by atoms with van der Waals surface area (Å²) in [5.74, 6) is -1.25. The van der Waals surface area contributed by atoms with Crippen molar-refractivity contribution in [3.05, 3.63) is 28.2 Å². The Bertz CT molecular complexity index is 525. The van der Waals surface area contributed by atoms with Gasteiger partial charge in [0.1, 0.15) is 5.56 Å². The zero-order valence-corrected chi connectivity index (χ0v) is 6.37. The molecule has 2 rings (SSSR count). The van der Waals surface area contributed by atoms with Crippen LogP contribution in [0, 0.1) is 0 Å². The van der Waals surface area contributed by atoms with Crippen LogP contribution in [-0.4, -0.2) is 26.3 Å². The molecule has 6 heteroatoms. The molecule has 0 aromatic carbocycles. The van der Waals surface area contributed by atoms with Crippen LogP contribution in [0.3, 0.4) is 0 Å². The molecule has 0 aliphatic carbocycles. The van der Waals surface area contributed by atoms with Crippen LogP contribution < -0.4 is 5.56 Å². The largest absolute Gasteiger partial charge is 0.477 e. The molecule has 6 nitrogen and oxygen atoms in total. The maximum absolute atomic E-state index is 11.1. The van der Waals surface area contributed by atoms with E-state index >= 15 is 0 Å². The van der Waals surface area contributed by atoms with Crippen molar-refractivity contribution in [1.29, 1.82) is 0 Å². The molecule has 0 unspecified atom stereocenters. The number of H-pyrrole nitrogens is 2. The molecule has 0 saturated heterocycles. The van der Waals surface area contributed by atoms with Gasteiger partial charge in [-0.2, -0.15) is 5.10 Å². The van der Waals surface area contributed by atoms with Crippen molar-refractivity contribution in [1.82, 2.24) is 15.2 Å². The lowest BCUT2D eigenvalue weighted by Crippen LogP contribution is -2.16. The lowest BCUT2D eigenvalue weighted by molar-refractivity contribution is 0.0695. The molecule has 0 saturated carbocycles. The van der Waals surface area contributed by atoms with Crippen LogP contribution in [0.15, 0.2) is 17.1 Å². The Morgan fingerprint density at radius 3 is 2.92 bits per heavy atom. The number of carboxylic acids is 1. The summed E-state index contributed by atoms with van der Waals surface area (Å²) < 4.78 is 0. The number of aromatic nitrogens is 3. The molecule has 0 radical (unpaired) electrons. The summed E-state index contributed by atoms with van der Waals surface area (Å²) in [6.45, 7) is 0. The zero-order valence-electron chi connectivity index (χ0n) is 6.37. The van der Waals surface area contributed by atoms with Crippen molar-refractivity contribution in [2.75, 3.05) is 0 Å². The Hall–Kier alpha value is -2.11. The van der Waals surface area contributed by atoms with E-state index < -0.39 is 11.5 Å². The summed E-state index contributed by atoms with van der Waals surface area (Å²) in [4.78, 5) is 24.0. The van der Waals surface area contributed by atoms with E-state index in [-0.39, 0.29) is 5.56 Å². The molecule has 3 N–H and O–H groups in total. The third kappa shape index (κ3) is 1.08. The van der Waals surface area contributed by atoms with Gasteiger partial charge in [-0.15, -0.1) is 0 Å². The first-order valence-electron chi connectivity index (χ1n) is 3.48. The summed E-state index contributed by atoms with van der Waals surface area (Å²) in [5, 5.41) is 14.8. The highest BCUT2D eigenvalue weighted by Crippen LogP contribution is 2.05. The molecule has 13 heavy (non-hydrogen) atoms. The number of aromatic carboxylic acids is 1. The van der Waals surface area contributed by atoms with Gasteiger partial charge < -0.3 is 10.1 Å². The molecule has 0 atom stereocenters. The second kappa shape index (κ2) is 2.44. The number of nitrogens with zero attached hydrogens (tertiary/aromatic N) is 1. The van der Waals surface area contributed by atoms with Crippen molar-refractivity contribution >= 4 is 17.0 Å². The molecule has 2 aromatic heterocycles. The molecule has 0 aliphatic rings. The van der Waals surface area contributed by atoms with Crippen LogP contribution in [-0.2, 0) is 0 Å². The Labute approximate surface area is 71.2 Å². The Kier molecular flexibility index (Phi) is 1.42. The number of fused-ring (bicyclic) bond motifs is 1. The predicted octanol–water partition coefficient (Wildman–Crippen LogP) is -0.0506. The average Bonchev–Trinajstić information content (AvgIpc) is 2.48. The highest BCUT2D eigenvalue weighted by molar-refractivity contribution is 5.90. The summed E-state index contributed by atoms with van der Waals surface area (Å²) in [6, 6.07) is 1.25. The number of aromatic amines is 2. The number of rotatable bonds is 1. The number of carbonyl (C=O) groups is 1. The number of hydrogen-bond acceptors (Lipinski definition) is 3. The lowest BCUT2D eigenvalue weighted by atomic mass is 10.2. The van der Waals surface area contributed by atoms with Crippen LogP contribution in [0.4, 0.5) is 0 Å². The van der Waals surface area contributed by atoms with E-state index in [0.29, 0.717) is 11.0 Å². The second-order valence-corrected chi connectivity index (χ2v) is 2.51. The molecule has 0 aliphatic heterocycles. The van der Waals surface area contributed by atoms with Crippen LogP contribution >= 0.6 is 0 Å². The molecule has 66 valence electrons. The molecular weight excluding hydrogens is 174 g/mol. The van der Waals surface area contributed by atoms with Gasteiger partial charge in [-0.25, -0.2) is 4.79 Å². The minimum Gasteiger partial charge on any atom is -0.477 e. The smallest absolute Gasteiger partial charge is 0.341 e. The van der Waals surface area contributed by atoms with E-state index in [2.05, 4.69) is 15.2 Å². The molecule has 2 aromatic rings. The fraction of sp³-hybridized carbons (Fsp3) is 0. The molecule has 0 amide bonds. The monoisotopic (exact) mass is 179 g/mol. The highest BCUT2D eigenvalue weighted by Gasteiger charge is 2.09. The van der Waals surface area contributed by atoms with Crippen molar-refractivity contribution in [3.63, 3.8) is 0 Å². The SMILES string of the molecule is O=C(O)c1cc2[nH]ncc2[nH]c1=O. The highest BCUT2D eigenvalue weighted by atomic mass is 16.4. The number of pyridine rings is 1. The molecule has 0 fully saturated rings. The zero-order chi connectivity index (χ0) is 9.42. The van der Waals surface area contributed by atoms with Crippen molar-refractivity contribution in [3.8, 4) is 0 Å². The Balaban J connectivity index is 2.84. The van der Waals surface area contributed by atoms with Gasteiger partial charge in [-0.1, -0.05) is 0 Å². The van der Waals surface area contributed by atoms with Crippen LogP contribution in [0.2, 0.25) is 0 Å². The van der Waals surface area contributed by atoms with Crippen molar-refractivity contribution in [2.45, 2.75) is 0 Å². The van der Waals surface area contributed by atoms with E-state index in [1.165, 1.54) is 12.3 Å². The maximum atomic E-state index is 11.1. The van der Waals surface area contributed by atoms with Gasteiger partial charge in [-0.05, 0) is 6.07 Å². The van der Waals surface area contributed by atoms with Crippen LogP contribution in [0.5, 0.6) is 0 Å². The van der Waals surface area contributed by atoms with E-state index in [4.69, 9.17) is 5.11 Å². The molecule has 2 heterocycles. The number of hydrogen-bond donors (Lipinski definition) is 3. The maximum Gasteiger partial charge on any atom is 0.341 e. The first kappa shape index (κ1) is 7.53. The number of nitrogens with one attached hydrogen (secondary N) is 2. The van der Waals surface area contributed by atoms with E-state index in [0.717, 1.165) is 0 Å². The average molecular weight is 179 g/mol. The normalized spacial score (nSPS) is 10.5. The van der Waals surface area contributed by atoms with E-state index in [1.807, 2.05) is 0 Å². The van der Waals surface area contributed by atoms with Crippen LogP contribution in [0.1, 0.15) is 10.4 Å². The quantitative estimate of drug-likeness (QED) is 0.571. The third-order valence-electron chi connectivity index (χ3n) is 1.68. The predicted molar refractivity (Wildman–Crippen MR) is 43.7 cm³/mol. The summed E-state index contributed by atoms with van der Waals surface area (Å²) in [5.41, 5.74) is 0.0742. The number of carboxylic acid groups (broad SMARTS) is 1. The first-order valence-corrected chi connectivity index (χ1v) is 3.48. The Morgan fingerprint density at radius 1 is 1.46 bits per heavy atom. The minimum atomic E-state index is -1.25. The Morgan fingerprint density at radius 2 is 2.23 bits per heavy atom. The van der Waals surface area contributed by atoms with E-state index in [9.17, 15) is 9.59 Å². The standard InChI is InChI=1S/C7H5N3O3/c11-6-3(7(12)13)1-4-5(9-6)2-8-10-4/h1-2H,(H,8,10)(H,9,11)(H,12,13). The topological polar surface area (TPSA) is 98.8 Å². The van der Waals surface area contributed by atoms with Gasteiger partial charge in [0.15, 0.2) is 0 Å². The third-order valence-corrected chi connectivity index (χ3v) is 1.68. The minimum absolute atomic E-state index is 0.295. The van der Waals surface area contributed by atoms with E-state index in [1.54, 1.807) is 0 Å².